The Labute approximate surface area is 151 Å². The van der Waals surface area contributed by atoms with Gasteiger partial charge in [-0.25, -0.2) is 4.98 Å². The number of hydrogen-bond donors (Lipinski definition) is 0. The predicted molar refractivity (Wildman–Crippen MR) is 104 cm³/mol. The highest BCUT2D eigenvalue weighted by molar-refractivity contribution is 7.97. The normalized spacial score (nSPS) is 10.8. The first kappa shape index (κ1) is 17.1. The number of aromatic nitrogens is 1. The second-order valence-electron chi connectivity index (χ2n) is 5.74. The van der Waals surface area contributed by atoms with Crippen LogP contribution in [0.3, 0.4) is 0 Å². The van der Waals surface area contributed by atoms with Crippen molar-refractivity contribution in [1.82, 2.24) is 4.98 Å². The highest BCUT2D eigenvalue weighted by atomic mass is 32.2. The molecule has 0 radical (unpaired) electrons. The van der Waals surface area contributed by atoms with Crippen LogP contribution in [-0.4, -0.2) is 12.1 Å². The molecule has 0 aliphatic rings. The summed E-state index contributed by atoms with van der Waals surface area (Å²) in [6, 6.07) is 17.0. The summed E-state index contributed by atoms with van der Waals surface area (Å²) >= 11 is 3.66. The predicted octanol–water partition coefficient (Wildman–Crippen LogP) is 5.48. The van der Waals surface area contributed by atoms with Crippen LogP contribution < -0.4 is 4.74 Å². The third-order valence-electron chi connectivity index (χ3n) is 3.75. The van der Waals surface area contributed by atoms with E-state index in [-0.39, 0.29) is 0 Å². The summed E-state index contributed by atoms with van der Waals surface area (Å²) in [5.41, 5.74) is 5.13. The third kappa shape index (κ3) is 4.86. The highest BCUT2D eigenvalue weighted by Gasteiger charge is 2.04. The SMILES string of the molecule is COc1ccc(Cc2nc(CSCc3ccc(C)cc3)cs2)cc1. The van der Waals surface area contributed by atoms with Crippen molar-refractivity contribution in [2.45, 2.75) is 24.9 Å². The topological polar surface area (TPSA) is 22.1 Å². The van der Waals surface area contributed by atoms with Crippen molar-refractivity contribution in [1.29, 1.82) is 0 Å². The fourth-order valence-electron chi connectivity index (χ4n) is 2.37. The Morgan fingerprint density at radius 2 is 1.67 bits per heavy atom. The molecule has 1 aromatic heterocycles. The van der Waals surface area contributed by atoms with Gasteiger partial charge in [-0.15, -0.1) is 11.3 Å². The fraction of sp³-hybridized carbons (Fsp3) is 0.250. The Balaban J connectivity index is 1.50. The number of nitrogens with zero attached hydrogens (tertiary/aromatic N) is 1. The number of thiazole rings is 1. The lowest BCUT2D eigenvalue weighted by Gasteiger charge is -2.02. The average Bonchev–Trinajstić information content (AvgIpc) is 3.05. The molecular formula is C20H21NOS2. The summed E-state index contributed by atoms with van der Waals surface area (Å²) in [6.07, 6.45) is 0.886. The van der Waals surface area contributed by atoms with Gasteiger partial charge in [-0.1, -0.05) is 42.0 Å². The lowest BCUT2D eigenvalue weighted by molar-refractivity contribution is 0.414. The minimum atomic E-state index is 0.886. The average molecular weight is 356 g/mol. The van der Waals surface area contributed by atoms with E-state index in [0.29, 0.717) is 0 Å². The zero-order chi connectivity index (χ0) is 16.8. The molecule has 4 heteroatoms. The largest absolute Gasteiger partial charge is 0.497 e. The van der Waals surface area contributed by atoms with Gasteiger partial charge < -0.3 is 4.74 Å². The lowest BCUT2D eigenvalue weighted by Crippen LogP contribution is -1.90. The van der Waals surface area contributed by atoms with Gasteiger partial charge in [-0.2, -0.15) is 11.8 Å². The second kappa shape index (κ2) is 8.36. The van der Waals surface area contributed by atoms with E-state index in [1.807, 2.05) is 23.9 Å². The molecule has 3 rings (SSSR count). The molecule has 2 aromatic carbocycles. The van der Waals surface area contributed by atoms with Crippen molar-refractivity contribution < 1.29 is 4.74 Å². The number of methoxy groups -OCH3 is 1. The van der Waals surface area contributed by atoms with Crippen LogP contribution in [0.2, 0.25) is 0 Å². The Kier molecular flexibility index (Phi) is 5.94. The molecule has 0 saturated heterocycles. The maximum Gasteiger partial charge on any atom is 0.118 e. The monoisotopic (exact) mass is 355 g/mol. The molecule has 0 aliphatic carbocycles. The van der Waals surface area contributed by atoms with Crippen LogP contribution in [0.5, 0.6) is 5.75 Å². The van der Waals surface area contributed by atoms with E-state index in [9.17, 15) is 0 Å². The third-order valence-corrected chi connectivity index (χ3v) is 5.69. The summed E-state index contributed by atoms with van der Waals surface area (Å²) in [7, 11) is 1.69. The Bertz CT molecular complexity index is 763. The maximum absolute atomic E-state index is 5.19. The number of aryl methyl sites for hydroxylation is 1. The first-order chi connectivity index (χ1) is 11.7. The van der Waals surface area contributed by atoms with E-state index >= 15 is 0 Å². The van der Waals surface area contributed by atoms with Crippen molar-refractivity contribution >= 4 is 23.1 Å². The summed E-state index contributed by atoms with van der Waals surface area (Å²) in [5.74, 6) is 2.89. The highest BCUT2D eigenvalue weighted by Crippen LogP contribution is 2.22. The van der Waals surface area contributed by atoms with Crippen LogP contribution in [0.25, 0.3) is 0 Å². The van der Waals surface area contributed by atoms with Gasteiger partial charge in [-0.3, -0.25) is 0 Å². The van der Waals surface area contributed by atoms with Crippen LogP contribution in [0.15, 0.2) is 53.9 Å². The van der Waals surface area contributed by atoms with Crippen LogP contribution in [0, 0.1) is 6.92 Å². The molecule has 0 unspecified atom stereocenters. The molecular weight excluding hydrogens is 334 g/mol. The molecule has 0 amide bonds. The quantitative estimate of drug-likeness (QED) is 0.560. The zero-order valence-corrected chi connectivity index (χ0v) is 15.6. The summed E-state index contributed by atoms with van der Waals surface area (Å²) in [4.78, 5) is 4.76. The molecule has 1 heterocycles. The molecule has 2 nitrogen and oxygen atoms in total. The fourth-order valence-corrected chi connectivity index (χ4v) is 4.19. The molecule has 124 valence electrons. The smallest absolute Gasteiger partial charge is 0.118 e. The molecule has 0 saturated carbocycles. The van der Waals surface area contributed by atoms with E-state index in [2.05, 4.69) is 48.7 Å². The summed E-state index contributed by atoms with van der Waals surface area (Å²) in [5, 5.41) is 3.35. The standard InChI is InChI=1S/C20H21NOS2/c1-15-3-5-17(6-4-15)12-23-13-18-14-24-20(21-18)11-16-7-9-19(22-2)10-8-16/h3-10,14H,11-13H2,1-2H3. The number of ether oxygens (including phenoxy) is 1. The molecule has 0 N–H and O–H groups in total. The van der Waals surface area contributed by atoms with Gasteiger partial charge in [0.15, 0.2) is 0 Å². The lowest BCUT2D eigenvalue weighted by atomic mass is 10.1. The van der Waals surface area contributed by atoms with Gasteiger partial charge in [0, 0.05) is 23.3 Å². The number of benzene rings is 2. The van der Waals surface area contributed by atoms with Crippen molar-refractivity contribution in [3.05, 3.63) is 81.3 Å². The number of thioether (sulfide) groups is 1. The van der Waals surface area contributed by atoms with Gasteiger partial charge in [0.05, 0.1) is 17.8 Å². The van der Waals surface area contributed by atoms with Gasteiger partial charge in [-0.05, 0) is 30.2 Å². The van der Waals surface area contributed by atoms with Gasteiger partial charge in [0.25, 0.3) is 0 Å². The van der Waals surface area contributed by atoms with E-state index in [1.54, 1.807) is 18.4 Å². The van der Waals surface area contributed by atoms with E-state index < -0.39 is 0 Å². The van der Waals surface area contributed by atoms with Gasteiger partial charge in [0.2, 0.25) is 0 Å². The summed E-state index contributed by atoms with van der Waals surface area (Å²) in [6.45, 7) is 2.12. The summed E-state index contributed by atoms with van der Waals surface area (Å²) < 4.78 is 5.19. The minimum Gasteiger partial charge on any atom is -0.497 e. The Morgan fingerprint density at radius 3 is 2.38 bits per heavy atom. The Morgan fingerprint density at radius 1 is 0.958 bits per heavy atom. The maximum atomic E-state index is 5.19. The van der Waals surface area contributed by atoms with E-state index in [4.69, 9.17) is 9.72 Å². The van der Waals surface area contributed by atoms with Crippen LogP contribution in [0.4, 0.5) is 0 Å². The van der Waals surface area contributed by atoms with Crippen molar-refractivity contribution in [3.63, 3.8) is 0 Å². The van der Waals surface area contributed by atoms with E-state index in [0.717, 1.165) is 23.7 Å². The van der Waals surface area contributed by atoms with Crippen molar-refractivity contribution in [3.8, 4) is 5.75 Å². The van der Waals surface area contributed by atoms with Gasteiger partial charge >= 0.3 is 0 Å². The molecule has 0 aliphatic heterocycles. The van der Waals surface area contributed by atoms with Crippen molar-refractivity contribution in [2.24, 2.45) is 0 Å². The second-order valence-corrected chi connectivity index (χ2v) is 7.66. The zero-order valence-electron chi connectivity index (χ0n) is 14.0. The van der Waals surface area contributed by atoms with Crippen molar-refractivity contribution in [2.75, 3.05) is 7.11 Å². The molecule has 0 spiro atoms. The van der Waals surface area contributed by atoms with Crippen LogP contribution in [-0.2, 0) is 17.9 Å². The van der Waals surface area contributed by atoms with Gasteiger partial charge in [0.1, 0.15) is 5.75 Å². The number of hydrogen-bond acceptors (Lipinski definition) is 4. The first-order valence-electron chi connectivity index (χ1n) is 7.92. The number of rotatable bonds is 7. The molecule has 24 heavy (non-hydrogen) atoms. The molecule has 0 atom stereocenters. The van der Waals surface area contributed by atoms with E-state index in [1.165, 1.54) is 27.4 Å². The van der Waals surface area contributed by atoms with Crippen LogP contribution in [0.1, 0.15) is 27.4 Å². The first-order valence-corrected chi connectivity index (χ1v) is 9.96. The molecule has 0 bridgehead atoms. The molecule has 3 aromatic rings. The minimum absolute atomic E-state index is 0.886. The van der Waals surface area contributed by atoms with Crippen LogP contribution >= 0.6 is 23.1 Å². The molecule has 0 fully saturated rings. The Hall–Kier alpha value is -1.78.